The molecule has 0 fully saturated rings. The number of nitriles is 1. The highest BCUT2D eigenvalue weighted by Crippen LogP contribution is 2.34. The standard InChI is InChI=1S/C23H26FN/c1-2-3-4-5-6-17-7-9-18(10-8-17)19-13-14-22-20(15-19)11-12-21(16-25)23(22)24/h7-12,19H,2-6,13-15H2,1H3. The Kier molecular flexibility index (Phi) is 5.87. The molecule has 0 amide bonds. The van der Waals surface area contributed by atoms with Crippen LogP contribution >= 0.6 is 0 Å². The smallest absolute Gasteiger partial charge is 0.144 e. The van der Waals surface area contributed by atoms with Gasteiger partial charge in [-0.25, -0.2) is 4.39 Å². The minimum atomic E-state index is -0.305. The van der Waals surface area contributed by atoms with Crippen LogP contribution in [0, 0.1) is 17.1 Å². The number of halogens is 1. The van der Waals surface area contributed by atoms with E-state index in [1.807, 2.05) is 12.1 Å². The zero-order valence-electron chi connectivity index (χ0n) is 15.0. The molecule has 0 aromatic heterocycles. The molecule has 2 aromatic carbocycles. The summed E-state index contributed by atoms with van der Waals surface area (Å²) in [4.78, 5) is 0. The summed E-state index contributed by atoms with van der Waals surface area (Å²) in [6.45, 7) is 2.24. The van der Waals surface area contributed by atoms with E-state index < -0.39 is 0 Å². The second-order valence-electron chi connectivity index (χ2n) is 7.17. The van der Waals surface area contributed by atoms with Gasteiger partial charge in [-0.2, -0.15) is 5.26 Å². The third-order valence-corrected chi connectivity index (χ3v) is 5.44. The minimum absolute atomic E-state index is 0.171. The van der Waals surface area contributed by atoms with Gasteiger partial charge in [0.15, 0.2) is 0 Å². The van der Waals surface area contributed by atoms with Gasteiger partial charge >= 0.3 is 0 Å². The normalized spacial score (nSPS) is 16.3. The maximum atomic E-state index is 14.3. The largest absolute Gasteiger partial charge is 0.205 e. The lowest BCUT2D eigenvalue weighted by Gasteiger charge is -2.25. The predicted octanol–water partition coefficient (Wildman–Crippen LogP) is 6.09. The summed E-state index contributed by atoms with van der Waals surface area (Å²) in [6, 6.07) is 14.5. The van der Waals surface area contributed by atoms with E-state index >= 15 is 0 Å². The lowest BCUT2D eigenvalue weighted by Crippen LogP contribution is -2.15. The number of hydrogen-bond acceptors (Lipinski definition) is 1. The van der Waals surface area contributed by atoms with Crippen LogP contribution in [0.1, 0.15) is 72.8 Å². The number of nitrogens with zero attached hydrogens (tertiary/aromatic N) is 1. The number of rotatable bonds is 6. The molecule has 0 bridgehead atoms. The van der Waals surface area contributed by atoms with Crippen LogP contribution in [0.5, 0.6) is 0 Å². The lowest BCUT2D eigenvalue weighted by molar-refractivity contribution is 0.539. The molecule has 0 radical (unpaired) electrons. The van der Waals surface area contributed by atoms with Gasteiger partial charge in [-0.15, -0.1) is 0 Å². The summed E-state index contributed by atoms with van der Waals surface area (Å²) < 4.78 is 14.3. The van der Waals surface area contributed by atoms with Crippen molar-refractivity contribution in [2.45, 2.75) is 64.2 Å². The summed E-state index contributed by atoms with van der Waals surface area (Å²) in [7, 11) is 0. The van der Waals surface area contributed by atoms with E-state index in [0.29, 0.717) is 5.92 Å². The Bertz CT molecular complexity index is 755. The Labute approximate surface area is 150 Å². The van der Waals surface area contributed by atoms with E-state index in [-0.39, 0.29) is 11.4 Å². The highest BCUT2D eigenvalue weighted by Gasteiger charge is 2.23. The fraction of sp³-hybridized carbons (Fsp3) is 0.435. The molecule has 2 aromatic rings. The first-order valence-electron chi connectivity index (χ1n) is 9.52. The maximum absolute atomic E-state index is 14.3. The van der Waals surface area contributed by atoms with Crippen molar-refractivity contribution >= 4 is 0 Å². The number of fused-ring (bicyclic) bond motifs is 1. The fourth-order valence-corrected chi connectivity index (χ4v) is 3.89. The van der Waals surface area contributed by atoms with Crippen molar-refractivity contribution in [1.29, 1.82) is 5.26 Å². The monoisotopic (exact) mass is 335 g/mol. The van der Waals surface area contributed by atoms with Gasteiger partial charge in [-0.3, -0.25) is 0 Å². The molecule has 0 N–H and O–H groups in total. The molecular weight excluding hydrogens is 309 g/mol. The van der Waals surface area contributed by atoms with E-state index in [9.17, 15) is 4.39 Å². The van der Waals surface area contributed by atoms with Crippen LogP contribution in [0.25, 0.3) is 0 Å². The Hall–Kier alpha value is -2.14. The Morgan fingerprint density at radius 1 is 1.08 bits per heavy atom. The highest BCUT2D eigenvalue weighted by molar-refractivity contribution is 5.43. The van der Waals surface area contributed by atoms with Crippen LogP contribution in [0.2, 0.25) is 0 Å². The van der Waals surface area contributed by atoms with Crippen molar-refractivity contribution in [2.24, 2.45) is 0 Å². The van der Waals surface area contributed by atoms with Gasteiger partial charge in [0.05, 0.1) is 5.56 Å². The number of benzene rings is 2. The van der Waals surface area contributed by atoms with Crippen molar-refractivity contribution in [3.63, 3.8) is 0 Å². The van der Waals surface area contributed by atoms with Crippen LogP contribution in [0.4, 0.5) is 4.39 Å². The molecule has 1 aliphatic carbocycles. The summed E-state index contributed by atoms with van der Waals surface area (Å²) >= 11 is 0. The zero-order chi connectivity index (χ0) is 17.6. The van der Waals surface area contributed by atoms with Gasteiger partial charge in [0.2, 0.25) is 0 Å². The van der Waals surface area contributed by atoms with Crippen molar-refractivity contribution in [3.05, 3.63) is 70.0 Å². The molecule has 130 valence electrons. The van der Waals surface area contributed by atoms with Crippen LogP contribution in [-0.2, 0) is 19.3 Å². The molecular formula is C23H26FN. The van der Waals surface area contributed by atoms with Gasteiger partial charge in [-0.1, -0.05) is 56.5 Å². The second kappa shape index (κ2) is 8.30. The second-order valence-corrected chi connectivity index (χ2v) is 7.17. The number of aryl methyl sites for hydroxylation is 1. The molecule has 1 atom stereocenters. The summed E-state index contributed by atoms with van der Waals surface area (Å²) in [5.74, 6) is 0.148. The van der Waals surface area contributed by atoms with E-state index in [4.69, 9.17) is 5.26 Å². The molecule has 0 heterocycles. The lowest BCUT2D eigenvalue weighted by atomic mass is 9.79. The molecule has 1 unspecified atom stereocenters. The SMILES string of the molecule is CCCCCCc1ccc(C2CCc3c(ccc(C#N)c3F)C2)cc1. The average Bonchev–Trinajstić information content (AvgIpc) is 2.66. The van der Waals surface area contributed by atoms with E-state index in [1.165, 1.54) is 36.8 Å². The molecule has 0 saturated carbocycles. The first kappa shape index (κ1) is 17.7. The molecule has 25 heavy (non-hydrogen) atoms. The summed E-state index contributed by atoms with van der Waals surface area (Å²) in [5, 5.41) is 8.98. The molecule has 2 heteroatoms. The molecule has 1 nitrogen and oxygen atoms in total. The average molecular weight is 335 g/mol. The zero-order valence-corrected chi connectivity index (χ0v) is 15.0. The minimum Gasteiger partial charge on any atom is -0.205 e. The summed E-state index contributed by atoms with van der Waals surface area (Å²) in [6.07, 6.45) is 8.89. The van der Waals surface area contributed by atoms with E-state index in [0.717, 1.165) is 36.8 Å². The third-order valence-electron chi connectivity index (χ3n) is 5.44. The topological polar surface area (TPSA) is 23.8 Å². The van der Waals surface area contributed by atoms with Crippen LogP contribution in [0.15, 0.2) is 36.4 Å². The van der Waals surface area contributed by atoms with Crippen LogP contribution in [0.3, 0.4) is 0 Å². The van der Waals surface area contributed by atoms with Gasteiger partial charge in [-0.05, 0) is 66.3 Å². The number of unbranched alkanes of at least 4 members (excludes halogenated alkanes) is 3. The van der Waals surface area contributed by atoms with Crippen LogP contribution < -0.4 is 0 Å². The molecule has 3 rings (SSSR count). The van der Waals surface area contributed by atoms with Gasteiger partial charge in [0.25, 0.3) is 0 Å². The fourth-order valence-electron chi connectivity index (χ4n) is 3.89. The Balaban J connectivity index is 1.66. The van der Waals surface area contributed by atoms with E-state index in [1.54, 1.807) is 6.07 Å². The maximum Gasteiger partial charge on any atom is 0.144 e. The van der Waals surface area contributed by atoms with E-state index in [2.05, 4.69) is 31.2 Å². The van der Waals surface area contributed by atoms with Crippen molar-refractivity contribution < 1.29 is 4.39 Å². The van der Waals surface area contributed by atoms with Crippen molar-refractivity contribution in [2.75, 3.05) is 0 Å². The van der Waals surface area contributed by atoms with Crippen molar-refractivity contribution in [3.8, 4) is 6.07 Å². The first-order valence-corrected chi connectivity index (χ1v) is 9.52. The van der Waals surface area contributed by atoms with Crippen LogP contribution in [-0.4, -0.2) is 0 Å². The van der Waals surface area contributed by atoms with Gasteiger partial charge in [0, 0.05) is 0 Å². The predicted molar refractivity (Wildman–Crippen MR) is 100 cm³/mol. The van der Waals surface area contributed by atoms with Crippen molar-refractivity contribution in [1.82, 2.24) is 0 Å². The Morgan fingerprint density at radius 3 is 2.60 bits per heavy atom. The quantitative estimate of drug-likeness (QED) is 0.586. The molecule has 0 aliphatic heterocycles. The first-order chi connectivity index (χ1) is 12.2. The van der Waals surface area contributed by atoms with Gasteiger partial charge in [0.1, 0.15) is 11.9 Å². The third kappa shape index (κ3) is 4.10. The van der Waals surface area contributed by atoms with Gasteiger partial charge < -0.3 is 0 Å². The molecule has 0 saturated heterocycles. The molecule has 0 spiro atoms. The molecule has 1 aliphatic rings. The number of hydrogen-bond donors (Lipinski definition) is 0. The highest BCUT2D eigenvalue weighted by atomic mass is 19.1. The summed E-state index contributed by atoms with van der Waals surface area (Å²) in [5.41, 5.74) is 4.76. The Morgan fingerprint density at radius 2 is 1.88 bits per heavy atom.